The second kappa shape index (κ2) is 13.7. The Hall–Kier alpha value is -3.35. The second-order valence-corrected chi connectivity index (χ2v) is 8.05. The first-order valence-electron chi connectivity index (χ1n) is 11.7. The molecule has 1 aliphatic carbocycles. The van der Waals surface area contributed by atoms with E-state index < -0.39 is 12.1 Å². The van der Waals surface area contributed by atoms with Crippen molar-refractivity contribution in [2.24, 2.45) is 5.92 Å². The van der Waals surface area contributed by atoms with E-state index in [0.29, 0.717) is 28.9 Å². The minimum Gasteiger partial charge on any atom is -0.496 e. The van der Waals surface area contributed by atoms with Gasteiger partial charge in [0.25, 0.3) is 5.89 Å². The van der Waals surface area contributed by atoms with Crippen LogP contribution in [0, 0.1) is 5.92 Å². The zero-order valence-corrected chi connectivity index (χ0v) is 20.5. The third kappa shape index (κ3) is 8.70. The van der Waals surface area contributed by atoms with Crippen LogP contribution in [0.25, 0.3) is 11.5 Å². The van der Waals surface area contributed by atoms with Crippen LogP contribution in [-0.4, -0.2) is 71.5 Å². The first-order chi connectivity index (χ1) is 17.1. The number of nitrogens with one attached hydrogen (secondary N) is 2. The Bertz CT molecular complexity index is 991. The molecule has 13 heteroatoms. The fourth-order valence-electron chi connectivity index (χ4n) is 3.30. The Morgan fingerprint density at radius 1 is 1.22 bits per heavy atom. The normalized spacial score (nSPS) is 13.4. The fourth-order valence-corrected chi connectivity index (χ4v) is 3.30. The number of rotatable bonds is 11. The molecule has 1 aliphatic rings. The highest BCUT2D eigenvalue weighted by atomic mass is 19.4. The number of anilines is 2. The molecule has 0 unspecified atom stereocenters. The largest absolute Gasteiger partial charge is 0.496 e. The van der Waals surface area contributed by atoms with E-state index in [1.165, 1.54) is 0 Å². The highest BCUT2D eigenvalue weighted by Crippen LogP contribution is 2.33. The standard InChI is InChI=1S/C21H31N5O3.C2HF3O2/c1-4-26(5-2)13-7-12-22-21-25-24-20(29-21)17-11-10-16(14-18(17)28-3)23-19(27)15-8-6-9-15;3-2(4,5)1(6)7/h10-11,14-15H,4-9,12-13H2,1-3H3,(H,22,25)(H,23,27);(H,6,7). The summed E-state index contributed by atoms with van der Waals surface area (Å²) in [5.41, 5.74) is 1.40. The van der Waals surface area contributed by atoms with Gasteiger partial charge in [-0.15, -0.1) is 5.10 Å². The van der Waals surface area contributed by atoms with E-state index in [2.05, 4.69) is 39.6 Å². The second-order valence-electron chi connectivity index (χ2n) is 8.05. The predicted molar refractivity (Wildman–Crippen MR) is 127 cm³/mol. The van der Waals surface area contributed by atoms with Crippen molar-refractivity contribution in [3.05, 3.63) is 18.2 Å². The number of aliphatic carboxylic acids is 1. The van der Waals surface area contributed by atoms with Crippen LogP contribution in [-0.2, 0) is 9.59 Å². The van der Waals surface area contributed by atoms with Crippen LogP contribution in [0.2, 0.25) is 0 Å². The molecule has 0 aliphatic heterocycles. The number of hydrogen-bond acceptors (Lipinski definition) is 8. The number of aromatic nitrogens is 2. The van der Waals surface area contributed by atoms with Gasteiger partial charge in [0, 0.05) is 24.2 Å². The number of methoxy groups -OCH3 is 1. The molecule has 3 N–H and O–H groups in total. The van der Waals surface area contributed by atoms with Crippen molar-refractivity contribution in [1.82, 2.24) is 15.1 Å². The summed E-state index contributed by atoms with van der Waals surface area (Å²) in [7, 11) is 1.58. The van der Waals surface area contributed by atoms with Gasteiger partial charge in [-0.25, -0.2) is 4.79 Å². The van der Waals surface area contributed by atoms with Crippen LogP contribution >= 0.6 is 0 Å². The first kappa shape index (κ1) is 28.9. The summed E-state index contributed by atoms with van der Waals surface area (Å²) in [4.78, 5) is 23.4. The van der Waals surface area contributed by atoms with Crippen molar-refractivity contribution < 1.29 is 37.0 Å². The number of nitrogens with zero attached hydrogens (tertiary/aromatic N) is 3. The molecule has 0 spiro atoms. The van der Waals surface area contributed by atoms with Gasteiger partial charge in [0.2, 0.25) is 5.91 Å². The Balaban J connectivity index is 0.000000572. The molecule has 0 saturated heterocycles. The van der Waals surface area contributed by atoms with Crippen molar-refractivity contribution in [2.75, 3.05) is 43.9 Å². The molecule has 0 atom stereocenters. The lowest BCUT2D eigenvalue weighted by Crippen LogP contribution is -2.28. The van der Waals surface area contributed by atoms with E-state index in [0.717, 1.165) is 51.9 Å². The molecule has 0 radical (unpaired) electrons. The number of hydrogen-bond donors (Lipinski definition) is 3. The maximum Gasteiger partial charge on any atom is 0.490 e. The minimum absolute atomic E-state index is 0.0695. The van der Waals surface area contributed by atoms with Crippen LogP contribution in [0.4, 0.5) is 24.9 Å². The molecule has 200 valence electrons. The lowest BCUT2D eigenvalue weighted by molar-refractivity contribution is -0.192. The Kier molecular flexibility index (Phi) is 11.0. The SMILES string of the molecule is CCN(CC)CCCNc1nnc(-c2ccc(NC(=O)C3CCC3)cc2OC)o1.O=C(O)C(F)(F)F. The van der Waals surface area contributed by atoms with E-state index in [4.69, 9.17) is 19.1 Å². The van der Waals surface area contributed by atoms with Gasteiger partial charge in [0.05, 0.1) is 12.7 Å². The highest BCUT2D eigenvalue weighted by molar-refractivity contribution is 5.93. The Morgan fingerprint density at radius 2 is 1.89 bits per heavy atom. The summed E-state index contributed by atoms with van der Waals surface area (Å²) in [6.45, 7) is 8.23. The average Bonchev–Trinajstić information content (AvgIpc) is 3.26. The molecule has 0 bridgehead atoms. The van der Waals surface area contributed by atoms with Crippen LogP contribution < -0.4 is 15.4 Å². The Labute approximate surface area is 207 Å². The molecule has 10 nitrogen and oxygen atoms in total. The summed E-state index contributed by atoms with van der Waals surface area (Å²) in [5.74, 6) is -1.60. The maximum atomic E-state index is 12.2. The van der Waals surface area contributed by atoms with E-state index in [-0.39, 0.29) is 11.8 Å². The van der Waals surface area contributed by atoms with Crippen molar-refractivity contribution in [1.29, 1.82) is 0 Å². The Morgan fingerprint density at radius 3 is 2.42 bits per heavy atom. The predicted octanol–water partition coefficient (Wildman–Crippen LogP) is 4.26. The first-order valence-corrected chi connectivity index (χ1v) is 11.7. The number of halogens is 3. The van der Waals surface area contributed by atoms with E-state index in [1.54, 1.807) is 13.2 Å². The third-order valence-electron chi connectivity index (χ3n) is 5.66. The van der Waals surface area contributed by atoms with Crippen molar-refractivity contribution in [2.45, 2.75) is 45.7 Å². The van der Waals surface area contributed by atoms with Crippen LogP contribution in [0.1, 0.15) is 39.5 Å². The van der Waals surface area contributed by atoms with Crippen LogP contribution in [0.15, 0.2) is 22.6 Å². The number of alkyl halides is 3. The molecule has 1 amide bonds. The summed E-state index contributed by atoms with van der Waals surface area (Å²) >= 11 is 0. The zero-order valence-electron chi connectivity index (χ0n) is 20.5. The van der Waals surface area contributed by atoms with Crippen LogP contribution in [0.5, 0.6) is 5.75 Å². The molecule has 2 aromatic rings. The summed E-state index contributed by atoms with van der Waals surface area (Å²) in [6, 6.07) is 5.83. The summed E-state index contributed by atoms with van der Waals surface area (Å²) < 4.78 is 43.0. The third-order valence-corrected chi connectivity index (χ3v) is 5.66. The molecular formula is C23H32F3N5O5. The molecule has 1 saturated carbocycles. The van der Waals surface area contributed by atoms with Gasteiger partial charge in [-0.3, -0.25) is 4.79 Å². The fraction of sp³-hybridized carbons (Fsp3) is 0.565. The average molecular weight is 516 g/mol. The maximum absolute atomic E-state index is 12.2. The van der Waals surface area contributed by atoms with Crippen molar-refractivity contribution in [3.63, 3.8) is 0 Å². The quantitative estimate of drug-likeness (QED) is 0.376. The number of carbonyl (C=O) groups excluding carboxylic acids is 1. The monoisotopic (exact) mass is 515 g/mol. The van der Waals surface area contributed by atoms with Gasteiger partial charge in [-0.05, 0) is 51.0 Å². The summed E-state index contributed by atoms with van der Waals surface area (Å²) in [5, 5.41) is 21.4. The minimum atomic E-state index is -5.08. The smallest absolute Gasteiger partial charge is 0.490 e. The number of ether oxygens (including phenoxy) is 1. The lowest BCUT2D eigenvalue weighted by Gasteiger charge is -2.24. The van der Waals surface area contributed by atoms with Crippen molar-refractivity contribution >= 4 is 23.6 Å². The number of benzene rings is 1. The summed E-state index contributed by atoms with van der Waals surface area (Å²) in [6.07, 6.45) is -1.02. The topological polar surface area (TPSA) is 130 Å². The highest BCUT2D eigenvalue weighted by Gasteiger charge is 2.38. The lowest BCUT2D eigenvalue weighted by atomic mass is 9.85. The van der Waals surface area contributed by atoms with Gasteiger partial charge in [-0.1, -0.05) is 25.4 Å². The number of amides is 1. The van der Waals surface area contributed by atoms with Gasteiger partial charge >= 0.3 is 18.2 Å². The van der Waals surface area contributed by atoms with E-state index in [1.807, 2.05) is 12.1 Å². The van der Waals surface area contributed by atoms with Gasteiger partial charge in [0.15, 0.2) is 0 Å². The van der Waals surface area contributed by atoms with Gasteiger partial charge in [-0.2, -0.15) is 13.2 Å². The zero-order chi connectivity index (χ0) is 26.7. The number of carboxylic acid groups (broad SMARTS) is 1. The molecule has 1 aromatic carbocycles. The molecule has 1 fully saturated rings. The van der Waals surface area contributed by atoms with Crippen molar-refractivity contribution in [3.8, 4) is 17.2 Å². The van der Waals surface area contributed by atoms with Gasteiger partial charge < -0.3 is 29.8 Å². The molecular weight excluding hydrogens is 483 g/mol. The molecule has 1 aromatic heterocycles. The number of carbonyl (C=O) groups is 2. The van der Waals surface area contributed by atoms with E-state index in [9.17, 15) is 18.0 Å². The van der Waals surface area contributed by atoms with Gasteiger partial charge in [0.1, 0.15) is 5.75 Å². The van der Waals surface area contributed by atoms with E-state index >= 15 is 0 Å². The molecule has 3 rings (SSSR count). The molecule has 36 heavy (non-hydrogen) atoms. The molecule has 1 heterocycles. The van der Waals surface area contributed by atoms with Crippen LogP contribution in [0.3, 0.4) is 0 Å². The number of carboxylic acids is 1.